The Morgan fingerprint density at radius 2 is 1.04 bits per heavy atom. The fourth-order valence-corrected chi connectivity index (χ4v) is 2.66. The van der Waals surface area contributed by atoms with E-state index < -0.39 is 0 Å². The van der Waals surface area contributed by atoms with Gasteiger partial charge in [-0.15, -0.1) is 0 Å². The molecule has 0 fully saturated rings. The Hall–Kier alpha value is -3.02. The number of hydrogen-bond acceptors (Lipinski definition) is 6. The summed E-state index contributed by atoms with van der Waals surface area (Å²) in [6.45, 7) is 0. The summed E-state index contributed by atoms with van der Waals surface area (Å²) in [5, 5.41) is 25.4. The van der Waals surface area contributed by atoms with Crippen LogP contribution in [0, 0.1) is 0 Å². The minimum atomic E-state index is 0.625. The molecule has 0 aliphatic rings. The van der Waals surface area contributed by atoms with Crippen LogP contribution in [0.15, 0.2) is 58.8 Å². The number of nitrogens with zero attached hydrogens (tertiary/aromatic N) is 2. The molecule has 2 aromatic carbocycles. The average molecular weight is 356 g/mol. The number of unbranched alkanes of at least 4 members (excludes halogenated alkanes) is 1. The Kier molecular flexibility index (Phi) is 7.49. The van der Waals surface area contributed by atoms with Crippen LogP contribution in [-0.4, -0.2) is 36.1 Å². The third-order valence-electron chi connectivity index (χ3n) is 4.17. The van der Waals surface area contributed by atoms with Crippen molar-refractivity contribution >= 4 is 11.4 Å². The first-order valence-electron chi connectivity index (χ1n) is 8.42. The topological polar surface area (TPSA) is 83.6 Å². The zero-order valence-corrected chi connectivity index (χ0v) is 15.1. The normalized spacial score (nSPS) is 12.1. The molecule has 2 rings (SSSR count). The van der Waals surface area contributed by atoms with Crippen molar-refractivity contribution in [1.29, 1.82) is 0 Å². The number of rotatable bonds is 9. The number of benzene rings is 2. The Labute approximate surface area is 153 Å². The monoisotopic (exact) mass is 356 g/mol. The van der Waals surface area contributed by atoms with Gasteiger partial charge in [-0.3, -0.25) is 0 Å². The molecule has 0 aliphatic carbocycles. The summed E-state index contributed by atoms with van der Waals surface area (Å²) >= 11 is 0. The van der Waals surface area contributed by atoms with Crippen molar-refractivity contribution < 1.29 is 19.9 Å². The molecule has 6 nitrogen and oxygen atoms in total. The van der Waals surface area contributed by atoms with Crippen molar-refractivity contribution in [3.63, 3.8) is 0 Å². The first-order valence-corrected chi connectivity index (χ1v) is 8.42. The summed E-state index contributed by atoms with van der Waals surface area (Å²) in [6.07, 6.45) is 2.87. The largest absolute Gasteiger partial charge is 0.497 e. The molecule has 6 heteroatoms. The number of oxime groups is 2. The van der Waals surface area contributed by atoms with E-state index in [9.17, 15) is 10.4 Å². The highest BCUT2D eigenvalue weighted by molar-refractivity contribution is 6.01. The predicted octanol–water partition coefficient (Wildman–Crippen LogP) is 4.32. The SMILES string of the molecule is COc1ccc(C(CCCCC(=NO)c2ccc(OC)cc2)=NO)cc1. The van der Waals surface area contributed by atoms with Crippen molar-refractivity contribution in [2.75, 3.05) is 14.2 Å². The second-order valence-electron chi connectivity index (χ2n) is 5.76. The molecule has 0 aliphatic heterocycles. The quantitative estimate of drug-likeness (QED) is 0.303. The molecule has 0 atom stereocenters. The minimum Gasteiger partial charge on any atom is -0.497 e. The van der Waals surface area contributed by atoms with Crippen LogP contribution in [0.5, 0.6) is 11.5 Å². The second kappa shape index (κ2) is 10.1. The van der Waals surface area contributed by atoms with E-state index in [2.05, 4.69) is 10.3 Å². The first kappa shape index (κ1) is 19.3. The molecule has 0 spiro atoms. The van der Waals surface area contributed by atoms with Gasteiger partial charge in [0, 0.05) is 0 Å². The van der Waals surface area contributed by atoms with Crippen LogP contribution in [0.3, 0.4) is 0 Å². The molecule has 138 valence electrons. The first-order chi connectivity index (χ1) is 12.7. The van der Waals surface area contributed by atoms with Gasteiger partial charge in [0.2, 0.25) is 0 Å². The highest BCUT2D eigenvalue weighted by Gasteiger charge is 2.08. The van der Waals surface area contributed by atoms with Gasteiger partial charge in [-0.05, 0) is 85.3 Å². The number of hydrogen-bond donors (Lipinski definition) is 2. The Balaban J connectivity index is 1.86. The predicted molar refractivity (Wildman–Crippen MR) is 101 cm³/mol. The lowest BCUT2D eigenvalue weighted by Gasteiger charge is -2.08. The highest BCUT2D eigenvalue weighted by atomic mass is 16.5. The zero-order valence-electron chi connectivity index (χ0n) is 15.1. The van der Waals surface area contributed by atoms with Gasteiger partial charge in [-0.2, -0.15) is 0 Å². The summed E-state index contributed by atoms with van der Waals surface area (Å²) in [6, 6.07) is 14.8. The molecular formula is C20H24N2O4. The van der Waals surface area contributed by atoms with Crippen molar-refractivity contribution in [3.05, 3.63) is 59.7 Å². The molecule has 0 aromatic heterocycles. The van der Waals surface area contributed by atoms with Gasteiger partial charge in [0.1, 0.15) is 11.5 Å². The fraction of sp³-hybridized carbons (Fsp3) is 0.300. The maximum atomic E-state index is 9.27. The van der Waals surface area contributed by atoms with Crippen LogP contribution >= 0.6 is 0 Å². The van der Waals surface area contributed by atoms with E-state index in [1.165, 1.54) is 0 Å². The summed E-state index contributed by atoms with van der Waals surface area (Å²) < 4.78 is 10.3. The molecule has 0 saturated carbocycles. The van der Waals surface area contributed by atoms with Crippen LogP contribution in [0.4, 0.5) is 0 Å². The minimum absolute atomic E-state index is 0.625. The third kappa shape index (κ3) is 5.24. The third-order valence-corrected chi connectivity index (χ3v) is 4.17. The van der Waals surface area contributed by atoms with Crippen LogP contribution in [-0.2, 0) is 0 Å². The van der Waals surface area contributed by atoms with E-state index in [1.807, 2.05) is 48.5 Å². The second-order valence-corrected chi connectivity index (χ2v) is 5.76. The average Bonchev–Trinajstić information content (AvgIpc) is 2.71. The molecule has 0 radical (unpaired) electrons. The van der Waals surface area contributed by atoms with Gasteiger partial charge in [-0.1, -0.05) is 10.3 Å². The highest BCUT2D eigenvalue weighted by Crippen LogP contribution is 2.17. The molecule has 0 unspecified atom stereocenters. The maximum Gasteiger partial charge on any atom is 0.118 e. The molecule has 0 heterocycles. The van der Waals surface area contributed by atoms with Crippen molar-refractivity contribution in [3.8, 4) is 11.5 Å². The van der Waals surface area contributed by atoms with E-state index >= 15 is 0 Å². The van der Waals surface area contributed by atoms with E-state index in [-0.39, 0.29) is 0 Å². The summed E-state index contributed by atoms with van der Waals surface area (Å²) in [5.41, 5.74) is 2.97. The van der Waals surface area contributed by atoms with Gasteiger partial charge in [0.15, 0.2) is 0 Å². The number of methoxy groups -OCH3 is 2. The molecule has 0 saturated heterocycles. The Morgan fingerprint density at radius 3 is 1.31 bits per heavy atom. The van der Waals surface area contributed by atoms with Crippen LogP contribution in [0.25, 0.3) is 0 Å². The van der Waals surface area contributed by atoms with Crippen LogP contribution in [0.2, 0.25) is 0 Å². The fourth-order valence-electron chi connectivity index (χ4n) is 2.66. The van der Waals surface area contributed by atoms with Gasteiger partial charge < -0.3 is 19.9 Å². The lowest BCUT2D eigenvalue weighted by molar-refractivity contribution is 0.316. The maximum absolute atomic E-state index is 9.27. The van der Waals surface area contributed by atoms with E-state index in [1.54, 1.807) is 14.2 Å². The van der Waals surface area contributed by atoms with Crippen LogP contribution in [0.1, 0.15) is 36.8 Å². The molecule has 0 bridgehead atoms. The van der Waals surface area contributed by atoms with Crippen molar-refractivity contribution in [1.82, 2.24) is 0 Å². The summed E-state index contributed by atoms with van der Waals surface area (Å²) in [7, 11) is 3.22. The lowest BCUT2D eigenvalue weighted by atomic mass is 10.0. The lowest BCUT2D eigenvalue weighted by Crippen LogP contribution is -2.04. The standard InChI is InChI=1S/C20H24N2O4/c1-25-17-11-7-15(8-12-17)19(21-23)5-3-4-6-20(22-24)16-9-13-18(26-2)14-10-16/h7-14,23-24H,3-6H2,1-2H3. The molecule has 2 N–H and O–H groups in total. The van der Waals surface area contributed by atoms with Gasteiger partial charge >= 0.3 is 0 Å². The molecule has 26 heavy (non-hydrogen) atoms. The summed E-state index contributed by atoms with van der Waals surface area (Å²) in [4.78, 5) is 0. The van der Waals surface area contributed by atoms with Crippen molar-refractivity contribution in [2.24, 2.45) is 10.3 Å². The number of ether oxygens (including phenoxy) is 2. The van der Waals surface area contributed by atoms with E-state index in [4.69, 9.17) is 9.47 Å². The molecule has 0 amide bonds. The van der Waals surface area contributed by atoms with E-state index in [0.29, 0.717) is 24.3 Å². The van der Waals surface area contributed by atoms with Gasteiger partial charge in [0.05, 0.1) is 25.6 Å². The van der Waals surface area contributed by atoms with Gasteiger partial charge in [-0.25, -0.2) is 0 Å². The van der Waals surface area contributed by atoms with Crippen molar-refractivity contribution in [2.45, 2.75) is 25.7 Å². The molecular weight excluding hydrogens is 332 g/mol. The van der Waals surface area contributed by atoms with Gasteiger partial charge in [0.25, 0.3) is 0 Å². The zero-order chi connectivity index (χ0) is 18.8. The Morgan fingerprint density at radius 1 is 0.692 bits per heavy atom. The smallest absolute Gasteiger partial charge is 0.118 e. The Bertz CT molecular complexity index is 672. The molecule has 2 aromatic rings. The summed E-state index contributed by atoms with van der Waals surface area (Å²) in [5.74, 6) is 1.52. The van der Waals surface area contributed by atoms with E-state index in [0.717, 1.165) is 35.5 Å². The van der Waals surface area contributed by atoms with Crippen LogP contribution < -0.4 is 9.47 Å².